The Labute approximate surface area is 363 Å². The Morgan fingerprint density at radius 1 is 0.919 bits per heavy atom. The maximum Gasteiger partial charge on any atom is 0.326 e. The lowest BCUT2D eigenvalue weighted by atomic mass is 9.72. The molecule has 3 aliphatic rings. The van der Waals surface area contributed by atoms with E-state index in [1.54, 1.807) is 20.0 Å². The number of amides is 2. The first kappa shape index (κ1) is 42.5. The average molecular weight is 841 g/mol. The summed E-state index contributed by atoms with van der Waals surface area (Å²) in [6.07, 6.45) is 6.25. The molecule has 5 aromatic rings. The number of fused-ring (bicyclic) bond motifs is 2. The van der Waals surface area contributed by atoms with Crippen molar-refractivity contribution in [2.75, 3.05) is 6.61 Å². The first-order valence-electron chi connectivity index (χ1n) is 21.6. The van der Waals surface area contributed by atoms with Crippen molar-refractivity contribution in [2.24, 2.45) is 11.3 Å². The molecule has 3 unspecified atom stereocenters. The average Bonchev–Trinajstić information content (AvgIpc) is 3.60. The molecule has 0 spiro atoms. The number of aryl methyl sites for hydroxylation is 3. The van der Waals surface area contributed by atoms with Crippen LogP contribution in [0.2, 0.25) is 0 Å². The van der Waals surface area contributed by atoms with Gasteiger partial charge in [-0.25, -0.2) is 9.78 Å². The molecule has 62 heavy (non-hydrogen) atoms. The lowest BCUT2D eigenvalue weighted by Crippen LogP contribution is -2.56. The summed E-state index contributed by atoms with van der Waals surface area (Å²) < 4.78 is 24.8. The van der Waals surface area contributed by atoms with Crippen LogP contribution in [-0.4, -0.2) is 62.6 Å². The lowest BCUT2D eigenvalue weighted by molar-refractivity contribution is -0.142. The number of oxazole rings is 1. The van der Waals surface area contributed by atoms with Crippen molar-refractivity contribution in [1.82, 2.24) is 20.2 Å². The second-order valence-corrected chi connectivity index (χ2v) is 18.2. The van der Waals surface area contributed by atoms with E-state index in [0.717, 1.165) is 69.1 Å². The van der Waals surface area contributed by atoms with Gasteiger partial charge in [-0.1, -0.05) is 57.2 Å². The minimum absolute atomic E-state index is 0.0444. The SMILES string of the molecule is Cc1nc(C(=O)N2Cc3cc4c(cc3CC2C(=O)NC(Cc2ccc(-c3ccnc(C)c3C)cc2)C(=O)O)OCC(c2ccc(OC3CCC(C(C)(C)C)CC3)cc2)O4)c(C)o1. The number of carboxylic acid groups (broad SMARTS) is 1. The highest BCUT2D eigenvalue weighted by molar-refractivity contribution is 5.98. The quantitative estimate of drug-likeness (QED) is 0.140. The third-order valence-corrected chi connectivity index (χ3v) is 13.0. The molecule has 8 rings (SSSR count). The second kappa shape index (κ2) is 17.3. The minimum atomic E-state index is -1.25. The van der Waals surface area contributed by atoms with E-state index in [4.69, 9.17) is 18.6 Å². The van der Waals surface area contributed by atoms with E-state index in [0.29, 0.717) is 28.6 Å². The van der Waals surface area contributed by atoms with Crippen LogP contribution in [0.25, 0.3) is 11.1 Å². The molecule has 1 fully saturated rings. The number of ether oxygens (including phenoxy) is 3. The maximum atomic E-state index is 14.2. The van der Waals surface area contributed by atoms with E-state index >= 15 is 0 Å². The fourth-order valence-electron chi connectivity index (χ4n) is 9.10. The predicted octanol–water partition coefficient (Wildman–Crippen LogP) is 8.85. The first-order valence-corrected chi connectivity index (χ1v) is 21.6. The van der Waals surface area contributed by atoms with Crippen molar-refractivity contribution in [2.45, 2.75) is 118 Å². The summed E-state index contributed by atoms with van der Waals surface area (Å²) in [6.45, 7) is 14.6. The van der Waals surface area contributed by atoms with Gasteiger partial charge >= 0.3 is 5.97 Å². The number of rotatable bonds is 10. The Hall–Kier alpha value is -6.17. The van der Waals surface area contributed by atoms with Gasteiger partial charge in [0.15, 0.2) is 29.2 Å². The van der Waals surface area contributed by atoms with Gasteiger partial charge in [-0.05, 0) is 127 Å². The summed E-state index contributed by atoms with van der Waals surface area (Å²) >= 11 is 0. The number of hydrogen-bond donors (Lipinski definition) is 2. The van der Waals surface area contributed by atoms with Crippen molar-refractivity contribution >= 4 is 17.8 Å². The van der Waals surface area contributed by atoms with Crippen molar-refractivity contribution in [3.63, 3.8) is 0 Å². The van der Waals surface area contributed by atoms with E-state index in [9.17, 15) is 19.5 Å². The number of carbonyl (C=O) groups is 3. The van der Waals surface area contributed by atoms with Crippen LogP contribution in [0.15, 0.2) is 77.3 Å². The van der Waals surface area contributed by atoms with Gasteiger partial charge in [-0.3, -0.25) is 14.6 Å². The normalized spacial score (nSPS) is 20.2. The van der Waals surface area contributed by atoms with E-state index in [1.807, 2.05) is 80.6 Å². The molecule has 1 saturated carbocycles. The number of carbonyl (C=O) groups excluding carboxylic acids is 2. The highest BCUT2D eigenvalue weighted by Gasteiger charge is 2.40. The third-order valence-electron chi connectivity index (χ3n) is 13.0. The summed E-state index contributed by atoms with van der Waals surface area (Å²) in [5, 5.41) is 13.1. The zero-order valence-corrected chi connectivity index (χ0v) is 36.6. The molecule has 0 bridgehead atoms. The predicted molar refractivity (Wildman–Crippen MR) is 233 cm³/mol. The summed E-state index contributed by atoms with van der Waals surface area (Å²) in [5.41, 5.74) is 7.72. The molecule has 2 N–H and O–H groups in total. The van der Waals surface area contributed by atoms with Crippen LogP contribution < -0.4 is 19.5 Å². The zero-order valence-electron chi connectivity index (χ0n) is 36.6. The molecule has 3 atom stereocenters. The van der Waals surface area contributed by atoms with Gasteiger partial charge in [-0.2, -0.15) is 0 Å². The van der Waals surface area contributed by atoms with Crippen LogP contribution in [0.4, 0.5) is 0 Å². The molecule has 1 aliphatic carbocycles. The van der Waals surface area contributed by atoms with Crippen LogP contribution in [0.3, 0.4) is 0 Å². The Morgan fingerprint density at radius 3 is 2.29 bits per heavy atom. The van der Waals surface area contributed by atoms with E-state index in [1.165, 1.54) is 17.7 Å². The van der Waals surface area contributed by atoms with Gasteiger partial charge in [0.05, 0.1) is 6.10 Å². The topological polar surface area (TPSA) is 153 Å². The van der Waals surface area contributed by atoms with Crippen LogP contribution in [-0.2, 0) is 29.0 Å². The summed E-state index contributed by atoms with van der Waals surface area (Å²) in [4.78, 5) is 51.3. The van der Waals surface area contributed by atoms with Gasteiger partial charge in [0.25, 0.3) is 5.91 Å². The van der Waals surface area contributed by atoms with Gasteiger partial charge in [0.1, 0.15) is 30.2 Å². The number of nitrogens with zero attached hydrogens (tertiary/aromatic N) is 3. The molecule has 0 saturated heterocycles. The Kier molecular flexibility index (Phi) is 11.9. The number of aromatic nitrogens is 2. The number of pyridine rings is 1. The number of hydrogen-bond acceptors (Lipinski definition) is 9. The Bertz CT molecular complexity index is 2460. The number of nitrogens with one attached hydrogen (secondary N) is 1. The fourth-order valence-corrected chi connectivity index (χ4v) is 9.10. The van der Waals surface area contributed by atoms with E-state index < -0.39 is 29.9 Å². The summed E-state index contributed by atoms with van der Waals surface area (Å²) in [6, 6.07) is 19.0. The van der Waals surface area contributed by atoms with Gasteiger partial charge in [-0.15, -0.1) is 0 Å². The third kappa shape index (κ3) is 9.05. The highest BCUT2D eigenvalue weighted by atomic mass is 16.6. The molecule has 0 radical (unpaired) electrons. The molecule has 3 aromatic carbocycles. The highest BCUT2D eigenvalue weighted by Crippen LogP contribution is 2.42. The Morgan fingerprint density at radius 2 is 1.63 bits per heavy atom. The largest absolute Gasteiger partial charge is 0.490 e. The first-order chi connectivity index (χ1) is 29.6. The van der Waals surface area contributed by atoms with Crippen LogP contribution >= 0.6 is 0 Å². The monoisotopic (exact) mass is 840 g/mol. The molecule has 2 amide bonds. The number of benzene rings is 3. The molecule has 2 aliphatic heterocycles. The van der Waals surface area contributed by atoms with E-state index in [2.05, 4.69) is 36.1 Å². The van der Waals surface area contributed by atoms with Crippen LogP contribution in [0, 0.1) is 39.0 Å². The van der Waals surface area contributed by atoms with Crippen molar-refractivity contribution in [3.05, 3.63) is 124 Å². The van der Waals surface area contributed by atoms with E-state index in [-0.39, 0.29) is 43.9 Å². The molecule has 12 nitrogen and oxygen atoms in total. The molecule has 12 heteroatoms. The Balaban J connectivity index is 0.978. The standard InChI is InChI=1S/C50H56N4O8/c1-28-29(2)51-21-20-40(28)33-10-8-32(9-11-33)22-41(49(57)58)53-47(55)42-23-35-24-43-44(25-36(35)26-54(42)48(56)46-30(3)60-31(4)52-46)62-45(27-59-43)34-12-16-38(17-13-34)61-39-18-14-37(15-19-39)50(5,6)7/h8-13,16-17,20-21,24-25,37,39,41-42,45H,14-15,18-19,22-23,26-27H2,1-7H3,(H,53,55)(H,57,58). The summed E-state index contributed by atoms with van der Waals surface area (Å²) in [5.74, 6) is 1.02. The maximum absolute atomic E-state index is 14.2. The summed E-state index contributed by atoms with van der Waals surface area (Å²) in [7, 11) is 0. The number of carboxylic acids is 1. The van der Waals surface area contributed by atoms with Crippen molar-refractivity contribution < 1.29 is 38.1 Å². The fraction of sp³-hybridized carbons (Fsp3) is 0.420. The minimum Gasteiger partial charge on any atom is -0.490 e. The van der Waals surface area contributed by atoms with Gasteiger partial charge < -0.3 is 34.0 Å². The zero-order chi connectivity index (χ0) is 43.9. The smallest absolute Gasteiger partial charge is 0.326 e. The van der Waals surface area contributed by atoms with Crippen LogP contribution in [0.5, 0.6) is 17.2 Å². The number of aliphatic carboxylic acids is 1. The van der Waals surface area contributed by atoms with Crippen LogP contribution in [0.1, 0.15) is 108 Å². The molecule has 2 aromatic heterocycles. The second-order valence-electron chi connectivity index (χ2n) is 18.2. The molecular weight excluding hydrogens is 785 g/mol. The molecular formula is C50H56N4O8. The van der Waals surface area contributed by atoms with Crippen molar-refractivity contribution in [3.8, 4) is 28.4 Å². The lowest BCUT2D eigenvalue weighted by Gasteiger charge is -2.37. The van der Waals surface area contributed by atoms with Gasteiger partial charge in [0.2, 0.25) is 5.91 Å². The molecule has 324 valence electrons. The molecule has 4 heterocycles. The van der Waals surface area contributed by atoms with Crippen molar-refractivity contribution in [1.29, 1.82) is 0 Å². The van der Waals surface area contributed by atoms with Gasteiger partial charge in [0, 0.05) is 38.2 Å².